The summed E-state index contributed by atoms with van der Waals surface area (Å²) in [6.07, 6.45) is 9.54. The number of ether oxygens (including phenoxy) is 2. The molecule has 0 aliphatic rings. The zero-order valence-electron chi connectivity index (χ0n) is 11.6. The van der Waals surface area contributed by atoms with Gasteiger partial charge in [0.2, 0.25) is 0 Å². The Bertz CT molecular complexity index is 646. The Morgan fingerprint density at radius 2 is 1.55 bits per heavy atom. The lowest BCUT2D eigenvalue weighted by molar-refractivity contribution is 0.414. The fourth-order valence-electron chi connectivity index (χ4n) is 1.83. The summed E-state index contributed by atoms with van der Waals surface area (Å²) in [6.45, 7) is 0. The van der Waals surface area contributed by atoms with Crippen LogP contribution in [-0.4, -0.2) is 14.2 Å². The molecule has 0 radical (unpaired) electrons. The molecule has 2 rings (SSSR count). The maximum Gasteiger partial charge on any atom is 0.120 e. The van der Waals surface area contributed by atoms with Crippen molar-refractivity contribution in [2.45, 2.75) is 0 Å². The van der Waals surface area contributed by atoms with Crippen LogP contribution in [0.4, 0.5) is 0 Å². The van der Waals surface area contributed by atoms with Gasteiger partial charge in [0, 0.05) is 5.56 Å². The number of hydrogen-bond donors (Lipinski definition) is 0. The lowest BCUT2D eigenvalue weighted by Gasteiger charge is -2.04. The molecule has 0 heterocycles. The summed E-state index contributed by atoms with van der Waals surface area (Å²) >= 11 is 0. The summed E-state index contributed by atoms with van der Waals surface area (Å²) in [5, 5.41) is 0. The molecule has 0 amide bonds. The monoisotopic (exact) mass is 264 g/mol. The van der Waals surface area contributed by atoms with Crippen molar-refractivity contribution in [3.05, 3.63) is 59.2 Å². The minimum absolute atomic E-state index is 0.763. The standard InChI is InChI=1S/C18H16O2/c1-4-15-13-18(20-3)12-9-16(15)8-5-14-6-10-17(19-2)11-7-14/h1,5-13H,2-3H3. The van der Waals surface area contributed by atoms with Crippen molar-refractivity contribution >= 4 is 12.2 Å². The maximum atomic E-state index is 5.53. The lowest BCUT2D eigenvalue weighted by atomic mass is 10.1. The molecule has 0 atom stereocenters. The van der Waals surface area contributed by atoms with Crippen molar-refractivity contribution in [2.75, 3.05) is 14.2 Å². The Morgan fingerprint density at radius 3 is 2.15 bits per heavy atom. The Labute approximate surface area is 119 Å². The van der Waals surface area contributed by atoms with E-state index in [0.29, 0.717) is 0 Å². The molecule has 2 aromatic rings. The number of rotatable bonds is 4. The first-order valence-corrected chi connectivity index (χ1v) is 6.23. The highest BCUT2D eigenvalue weighted by Crippen LogP contribution is 2.20. The average Bonchev–Trinajstić information content (AvgIpc) is 2.53. The van der Waals surface area contributed by atoms with E-state index in [1.807, 2.05) is 54.6 Å². The summed E-state index contributed by atoms with van der Waals surface area (Å²) in [5.41, 5.74) is 2.89. The average molecular weight is 264 g/mol. The van der Waals surface area contributed by atoms with E-state index < -0.39 is 0 Å². The third-order valence-electron chi connectivity index (χ3n) is 2.99. The summed E-state index contributed by atoms with van der Waals surface area (Å²) in [4.78, 5) is 0. The quantitative estimate of drug-likeness (QED) is 0.616. The summed E-state index contributed by atoms with van der Waals surface area (Å²) in [5.74, 6) is 4.28. The Balaban J connectivity index is 2.24. The predicted molar refractivity (Wildman–Crippen MR) is 82.9 cm³/mol. The van der Waals surface area contributed by atoms with Crippen LogP contribution in [-0.2, 0) is 0 Å². The molecular weight excluding hydrogens is 248 g/mol. The molecule has 0 aliphatic heterocycles. The van der Waals surface area contributed by atoms with Crippen LogP contribution in [0.2, 0.25) is 0 Å². The van der Waals surface area contributed by atoms with Crippen molar-refractivity contribution in [1.82, 2.24) is 0 Å². The zero-order chi connectivity index (χ0) is 14.4. The second kappa shape index (κ2) is 6.49. The molecule has 100 valence electrons. The van der Waals surface area contributed by atoms with Crippen molar-refractivity contribution in [1.29, 1.82) is 0 Å². The fraction of sp³-hybridized carbons (Fsp3) is 0.111. The highest BCUT2D eigenvalue weighted by molar-refractivity contribution is 5.73. The number of hydrogen-bond acceptors (Lipinski definition) is 2. The van der Waals surface area contributed by atoms with E-state index in [1.165, 1.54) is 0 Å². The molecule has 0 aromatic heterocycles. The van der Waals surface area contributed by atoms with Gasteiger partial charge in [0.05, 0.1) is 14.2 Å². The first-order valence-electron chi connectivity index (χ1n) is 6.23. The highest BCUT2D eigenvalue weighted by Gasteiger charge is 1.99. The van der Waals surface area contributed by atoms with Gasteiger partial charge in [0.15, 0.2) is 0 Å². The molecule has 2 aromatic carbocycles. The van der Waals surface area contributed by atoms with Gasteiger partial charge in [-0.3, -0.25) is 0 Å². The number of terminal acetylenes is 1. The molecule has 2 nitrogen and oxygen atoms in total. The molecule has 0 aliphatic carbocycles. The van der Waals surface area contributed by atoms with E-state index in [2.05, 4.69) is 5.92 Å². The van der Waals surface area contributed by atoms with Gasteiger partial charge in [-0.1, -0.05) is 36.3 Å². The Kier molecular flexibility index (Phi) is 4.47. The van der Waals surface area contributed by atoms with Crippen molar-refractivity contribution < 1.29 is 9.47 Å². The Morgan fingerprint density at radius 1 is 0.900 bits per heavy atom. The van der Waals surface area contributed by atoms with Crippen LogP contribution in [0.15, 0.2) is 42.5 Å². The van der Waals surface area contributed by atoms with E-state index >= 15 is 0 Å². The van der Waals surface area contributed by atoms with Gasteiger partial charge in [-0.05, 0) is 35.4 Å². The van der Waals surface area contributed by atoms with Crippen LogP contribution in [0.25, 0.3) is 12.2 Å². The first kappa shape index (κ1) is 13.8. The van der Waals surface area contributed by atoms with Crippen LogP contribution in [0.5, 0.6) is 11.5 Å². The van der Waals surface area contributed by atoms with Gasteiger partial charge < -0.3 is 9.47 Å². The fourth-order valence-corrected chi connectivity index (χ4v) is 1.83. The minimum Gasteiger partial charge on any atom is -0.497 e. The molecule has 0 bridgehead atoms. The minimum atomic E-state index is 0.763. The maximum absolute atomic E-state index is 5.53. The molecule has 0 saturated carbocycles. The predicted octanol–water partition coefficient (Wildman–Crippen LogP) is 3.86. The van der Waals surface area contributed by atoms with E-state index in [1.54, 1.807) is 14.2 Å². The molecule has 0 fully saturated rings. The first-order chi connectivity index (χ1) is 9.76. The largest absolute Gasteiger partial charge is 0.497 e. The topological polar surface area (TPSA) is 18.5 Å². The van der Waals surface area contributed by atoms with E-state index in [4.69, 9.17) is 15.9 Å². The van der Waals surface area contributed by atoms with Crippen LogP contribution < -0.4 is 9.47 Å². The van der Waals surface area contributed by atoms with E-state index in [0.717, 1.165) is 28.2 Å². The number of benzene rings is 2. The Hall–Kier alpha value is -2.66. The van der Waals surface area contributed by atoms with E-state index in [-0.39, 0.29) is 0 Å². The molecule has 0 saturated heterocycles. The second-order valence-electron chi connectivity index (χ2n) is 4.20. The van der Waals surface area contributed by atoms with Crippen LogP contribution in [0, 0.1) is 12.3 Å². The summed E-state index contributed by atoms with van der Waals surface area (Å²) in [6, 6.07) is 13.5. The third-order valence-corrected chi connectivity index (χ3v) is 2.99. The number of methoxy groups -OCH3 is 2. The molecule has 0 N–H and O–H groups in total. The molecule has 20 heavy (non-hydrogen) atoms. The summed E-state index contributed by atoms with van der Waals surface area (Å²) in [7, 11) is 3.28. The molecular formula is C18H16O2. The van der Waals surface area contributed by atoms with Crippen molar-refractivity contribution in [2.24, 2.45) is 0 Å². The van der Waals surface area contributed by atoms with Gasteiger partial charge >= 0.3 is 0 Å². The van der Waals surface area contributed by atoms with Gasteiger partial charge in [0.1, 0.15) is 11.5 Å². The van der Waals surface area contributed by atoms with Gasteiger partial charge in [-0.2, -0.15) is 0 Å². The van der Waals surface area contributed by atoms with Crippen molar-refractivity contribution in [3.8, 4) is 23.8 Å². The van der Waals surface area contributed by atoms with Gasteiger partial charge in [-0.25, -0.2) is 0 Å². The van der Waals surface area contributed by atoms with Crippen LogP contribution in [0.1, 0.15) is 16.7 Å². The lowest BCUT2D eigenvalue weighted by Crippen LogP contribution is -1.87. The van der Waals surface area contributed by atoms with E-state index in [9.17, 15) is 0 Å². The van der Waals surface area contributed by atoms with Gasteiger partial charge in [-0.15, -0.1) is 6.42 Å². The zero-order valence-corrected chi connectivity index (χ0v) is 11.6. The SMILES string of the molecule is C#Cc1cc(OC)ccc1C=Cc1ccc(OC)cc1. The molecule has 0 unspecified atom stereocenters. The van der Waals surface area contributed by atoms with Crippen LogP contribution in [0.3, 0.4) is 0 Å². The smallest absolute Gasteiger partial charge is 0.120 e. The molecule has 2 heteroatoms. The second-order valence-corrected chi connectivity index (χ2v) is 4.20. The normalized spacial score (nSPS) is 10.2. The van der Waals surface area contributed by atoms with Crippen LogP contribution >= 0.6 is 0 Å². The third kappa shape index (κ3) is 3.21. The highest BCUT2D eigenvalue weighted by atomic mass is 16.5. The summed E-state index contributed by atoms with van der Waals surface area (Å²) < 4.78 is 10.3. The molecule has 0 spiro atoms. The van der Waals surface area contributed by atoms with Crippen molar-refractivity contribution in [3.63, 3.8) is 0 Å². The van der Waals surface area contributed by atoms with Gasteiger partial charge in [0.25, 0.3) is 0 Å².